The quantitative estimate of drug-likeness (QED) is 0.569. The van der Waals surface area contributed by atoms with E-state index in [1.54, 1.807) is 6.07 Å². The third kappa shape index (κ3) is 3.33. The van der Waals surface area contributed by atoms with Crippen LogP contribution in [0.25, 0.3) is 22.0 Å². The fraction of sp³-hybridized carbons (Fsp3) is 0.208. The fourth-order valence-corrected chi connectivity index (χ4v) is 4.33. The van der Waals surface area contributed by atoms with Crippen molar-refractivity contribution in [3.63, 3.8) is 0 Å². The van der Waals surface area contributed by atoms with E-state index in [1.165, 1.54) is 23.7 Å². The summed E-state index contributed by atoms with van der Waals surface area (Å²) in [6.07, 6.45) is 4.64. The molecule has 1 aromatic heterocycles. The second-order valence-electron chi connectivity index (χ2n) is 8.09. The molecule has 0 saturated carbocycles. The Balaban J connectivity index is 1.48. The maximum Gasteiger partial charge on any atom is 0.338 e. The Morgan fingerprint density at radius 2 is 2.06 bits per heavy atom. The third-order valence-electron chi connectivity index (χ3n) is 6.15. The number of carbonyl (C=O) groups excluding carboxylic acids is 1. The zero-order valence-electron chi connectivity index (χ0n) is 17.1. The summed E-state index contributed by atoms with van der Waals surface area (Å²) in [5.74, 6) is -1.70. The van der Waals surface area contributed by atoms with Crippen molar-refractivity contribution in [2.45, 2.75) is 25.7 Å². The lowest BCUT2D eigenvalue weighted by Gasteiger charge is -2.41. The molecule has 0 radical (unpaired) electrons. The first-order valence-corrected chi connectivity index (χ1v) is 10.2. The van der Waals surface area contributed by atoms with Crippen LogP contribution in [0.3, 0.4) is 0 Å². The number of carboxylic acids is 1. The molecule has 1 unspecified atom stereocenters. The number of aliphatic imine (C=N–C) groups is 1. The number of aldehydes is 1. The molecule has 0 spiro atoms. The molecule has 0 bridgehead atoms. The Morgan fingerprint density at radius 3 is 2.81 bits per heavy atom. The van der Waals surface area contributed by atoms with E-state index in [0.29, 0.717) is 12.1 Å². The summed E-state index contributed by atoms with van der Waals surface area (Å²) < 4.78 is 0. The normalized spacial score (nSPS) is 20.7. The molecule has 3 N–H and O–H groups in total. The maximum absolute atomic E-state index is 11.2. The number of fused-ring (bicyclic) bond motifs is 3. The van der Waals surface area contributed by atoms with Gasteiger partial charge in [0.05, 0.1) is 5.57 Å². The minimum Gasteiger partial charge on any atom is -0.478 e. The number of aromatic nitrogens is 1. The van der Waals surface area contributed by atoms with Crippen LogP contribution in [0, 0.1) is 0 Å². The first-order valence-electron chi connectivity index (χ1n) is 10.2. The molecule has 0 saturated heterocycles. The highest BCUT2D eigenvalue weighted by Gasteiger charge is 2.35. The average molecular weight is 414 g/mol. The predicted octanol–water partition coefficient (Wildman–Crippen LogP) is 3.32. The molecular weight excluding hydrogens is 392 g/mol. The Labute approximate surface area is 179 Å². The van der Waals surface area contributed by atoms with Crippen molar-refractivity contribution in [3.8, 4) is 11.1 Å². The van der Waals surface area contributed by atoms with E-state index in [-0.39, 0.29) is 5.57 Å². The van der Waals surface area contributed by atoms with Gasteiger partial charge in [-0.3, -0.25) is 9.69 Å². The lowest BCUT2D eigenvalue weighted by molar-refractivity contribution is -0.132. The summed E-state index contributed by atoms with van der Waals surface area (Å²) in [6, 6.07) is 13.9. The van der Waals surface area contributed by atoms with Crippen molar-refractivity contribution in [1.82, 2.24) is 15.2 Å². The zero-order chi connectivity index (χ0) is 21.6. The Hall–Kier alpha value is -3.71. The molecule has 3 aromatic rings. The van der Waals surface area contributed by atoms with Crippen LogP contribution >= 0.6 is 0 Å². The lowest BCUT2D eigenvalue weighted by Crippen LogP contribution is -2.56. The van der Waals surface area contributed by atoms with E-state index in [0.717, 1.165) is 41.3 Å². The molecule has 7 heteroatoms. The third-order valence-corrected chi connectivity index (χ3v) is 6.15. The van der Waals surface area contributed by atoms with Crippen molar-refractivity contribution in [2.75, 3.05) is 6.54 Å². The van der Waals surface area contributed by atoms with Crippen molar-refractivity contribution < 1.29 is 14.7 Å². The van der Waals surface area contributed by atoms with E-state index in [4.69, 9.17) is 5.11 Å². The molecule has 0 amide bonds. The van der Waals surface area contributed by atoms with Gasteiger partial charge in [0.1, 0.15) is 6.29 Å². The summed E-state index contributed by atoms with van der Waals surface area (Å²) in [5, 5.41) is 13.5. The number of benzene rings is 2. The number of hydrogen-bond donors (Lipinski definition) is 3. The number of rotatable bonds is 4. The van der Waals surface area contributed by atoms with Crippen molar-refractivity contribution in [3.05, 3.63) is 71.1 Å². The van der Waals surface area contributed by atoms with Crippen molar-refractivity contribution in [1.29, 1.82) is 0 Å². The van der Waals surface area contributed by atoms with Gasteiger partial charge in [0.15, 0.2) is 5.79 Å². The van der Waals surface area contributed by atoms with Gasteiger partial charge in [-0.1, -0.05) is 24.3 Å². The molecule has 1 atom stereocenters. The van der Waals surface area contributed by atoms with Crippen LogP contribution in [-0.4, -0.2) is 45.8 Å². The van der Waals surface area contributed by atoms with Crippen molar-refractivity contribution >= 4 is 29.4 Å². The number of aromatic amines is 1. The second-order valence-corrected chi connectivity index (χ2v) is 8.09. The molecule has 5 rings (SSSR count). The minimum absolute atomic E-state index is 0.143. The van der Waals surface area contributed by atoms with Crippen LogP contribution in [-0.2, 0) is 17.8 Å². The van der Waals surface area contributed by atoms with Crippen LogP contribution in [0.1, 0.15) is 28.5 Å². The van der Waals surface area contributed by atoms with Gasteiger partial charge in [-0.2, -0.15) is 0 Å². The highest BCUT2D eigenvalue weighted by molar-refractivity contribution is 6.08. The maximum atomic E-state index is 11.2. The van der Waals surface area contributed by atoms with E-state index in [2.05, 4.69) is 38.4 Å². The largest absolute Gasteiger partial charge is 0.478 e. The molecule has 2 aliphatic rings. The number of aliphatic carboxylic acids is 1. The molecule has 3 heterocycles. The fourth-order valence-electron chi connectivity index (χ4n) is 4.33. The smallest absolute Gasteiger partial charge is 0.338 e. The summed E-state index contributed by atoms with van der Waals surface area (Å²) in [6.45, 7) is 3.43. The summed E-state index contributed by atoms with van der Waals surface area (Å²) in [5.41, 5.74) is 6.39. The van der Waals surface area contributed by atoms with Gasteiger partial charge in [0, 0.05) is 54.1 Å². The average Bonchev–Trinajstić information content (AvgIpc) is 3.16. The molecule has 2 aromatic carbocycles. The van der Waals surface area contributed by atoms with Gasteiger partial charge in [-0.15, -0.1) is 0 Å². The first-order chi connectivity index (χ1) is 15.0. The summed E-state index contributed by atoms with van der Waals surface area (Å²) in [7, 11) is 0. The molecule has 2 aliphatic heterocycles. The van der Waals surface area contributed by atoms with E-state index in [9.17, 15) is 9.59 Å². The standard InChI is InChI=1S/C24H22N4O3/c1-24(25-11-18(12-26-24)23(30)31)28-8-7-22-20(13-28)19-10-17(5-6-21(19)27-22)16-4-2-3-15(9-16)14-29/h2-6,9-12,14,25,27H,7-8,13H2,1H3,(H,30,31). The number of H-pyrrole nitrogens is 1. The highest BCUT2D eigenvalue weighted by Crippen LogP contribution is 2.34. The molecule has 0 aliphatic carbocycles. The molecule has 0 fully saturated rings. The van der Waals surface area contributed by atoms with Crippen molar-refractivity contribution in [2.24, 2.45) is 4.99 Å². The van der Waals surface area contributed by atoms with Gasteiger partial charge in [-0.05, 0) is 41.8 Å². The van der Waals surface area contributed by atoms with Crippen LogP contribution in [0.2, 0.25) is 0 Å². The molecule has 156 valence electrons. The first kappa shape index (κ1) is 19.3. The SMILES string of the molecule is CC1(N2CCc3[nH]c4ccc(-c5cccc(C=O)c5)cc4c3C2)N=CC(C(=O)O)=CN1. The second kappa shape index (κ2) is 7.21. The van der Waals surface area contributed by atoms with Gasteiger partial charge in [0.25, 0.3) is 0 Å². The Morgan fingerprint density at radius 1 is 1.23 bits per heavy atom. The Bertz CT molecular complexity index is 1270. The monoisotopic (exact) mass is 414 g/mol. The van der Waals surface area contributed by atoms with Crippen LogP contribution in [0.4, 0.5) is 0 Å². The number of hydrogen-bond acceptors (Lipinski definition) is 5. The lowest BCUT2D eigenvalue weighted by atomic mass is 9.98. The van der Waals surface area contributed by atoms with Crippen LogP contribution in [0.5, 0.6) is 0 Å². The topological polar surface area (TPSA) is 97.8 Å². The van der Waals surface area contributed by atoms with E-state index < -0.39 is 11.8 Å². The zero-order valence-corrected chi connectivity index (χ0v) is 17.1. The molecule has 31 heavy (non-hydrogen) atoms. The highest BCUT2D eigenvalue weighted by atomic mass is 16.4. The predicted molar refractivity (Wildman–Crippen MR) is 119 cm³/mol. The number of nitrogens with one attached hydrogen (secondary N) is 2. The number of carboxylic acid groups (broad SMARTS) is 1. The number of nitrogens with zero attached hydrogens (tertiary/aromatic N) is 2. The molecule has 7 nitrogen and oxygen atoms in total. The van der Waals surface area contributed by atoms with Gasteiger partial charge in [0.2, 0.25) is 0 Å². The minimum atomic E-state index is -0.998. The molecular formula is C24H22N4O3. The van der Waals surface area contributed by atoms with Crippen LogP contribution in [0.15, 0.2) is 59.2 Å². The van der Waals surface area contributed by atoms with Crippen LogP contribution < -0.4 is 5.32 Å². The summed E-state index contributed by atoms with van der Waals surface area (Å²) >= 11 is 0. The van der Waals surface area contributed by atoms with E-state index >= 15 is 0 Å². The van der Waals surface area contributed by atoms with Gasteiger partial charge >= 0.3 is 5.97 Å². The Kier molecular flexibility index (Phi) is 4.48. The van der Waals surface area contributed by atoms with Gasteiger partial charge in [-0.25, -0.2) is 9.79 Å². The summed E-state index contributed by atoms with van der Waals surface area (Å²) in [4.78, 5) is 32.6. The number of carbonyl (C=O) groups is 2. The van der Waals surface area contributed by atoms with Gasteiger partial charge < -0.3 is 15.4 Å². The van der Waals surface area contributed by atoms with E-state index in [1.807, 2.05) is 25.1 Å².